The van der Waals surface area contributed by atoms with Crippen LogP contribution in [0.2, 0.25) is 0 Å². The van der Waals surface area contributed by atoms with E-state index in [4.69, 9.17) is 0 Å². The number of carbonyl (C=O) groups is 1. The van der Waals surface area contributed by atoms with E-state index in [2.05, 4.69) is 19.9 Å². The maximum absolute atomic E-state index is 12.9. The molecule has 0 spiro atoms. The summed E-state index contributed by atoms with van der Waals surface area (Å²) in [5.74, 6) is 1.09. The van der Waals surface area contributed by atoms with Crippen molar-refractivity contribution < 1.29 is 4.79 Å². The van der Waals surface area contributed by atoms with Gasteiger partial charge < -0.3 is 14.8 Å². The van der Waals surface area contributed by atoms with E-state index in [9.17, 15) is 9.59 Å². The number of thiophene rings is 1. The highest BCUT2D eigenvalue weighted by Crippen LogP contribution is 2.27. The molecule has 0 saturated carbocycles. The highest BCUT2D eigenvalue weighted by atomic mass is 32.1. The molecule has 1 aliphatic rings. The van der Waals surface area contributed by atoms with Crippen LogP contribution in [0.4, 0.5) is 5.95 Å². The Bertz CT molecular complexity index is 1050. The maximum Gasteiger partial charge on any atom is 0.257 e. The SMILES string of the molecule is CN(C)c1ncc(C(=O)N2CCCC(c3nc(-c4cccs4)cc(=O)[nH]3)C2)cn1. The van der Waals surface area contributed by atoms with Gasteiger partial charge in [0.1, 0.15) is 5.82 Å². The molecule has 4 heterocycles. The molecule has 1 saturated heterocycles. The molecule has 0 radical (unpaired) electrons. The van der Waals surface area contributed by atoms with Crippen molar-refractivity contribution in [3.8, 4) is 10.6 Å². The highest BCUT2D eigenvalue weighted by Gasteiger charge is 2.27. The average molecular weight is 411 g/mol. The fraction of sp³-hybridized carbons (Fsp3) is 0.350. The van der Waals surface area contributed by atoms with Crippen molar-refractivity contribution in [3.05, 3.63) is 57.7 Å². The lowest BCUT2D eigenvalue weighted by Gasteiger charge is -2.32. The van der Waals surface area contributed by atoms with Gasteiger partial charge in [0.05, 0.1) is 16.1 Å². The standard InChI is InChI=1S/C20H22N6O2S/c1-25(2)20-21-10-14(11-22-20)19(28)26-7-3-5-13(12-26)18-23-15(9-17(27)24-18)16-6-4-8-29-16/h4,6,8-11,13H,3,5,7,12H2,1-2H3,(H,23,24,27). The predicted octanol–water partition coefficient (Wildman–Crippen LogP) is 2.37. The minimum atomic E-state index is -0.172. The van der Waals surface area contributed by atoms with Gasteiger partial charge in [-0.15, -0.1) is 11.3 Å². The Kier molecular flexibility index (Phi) is 5.39. The lowest BCUT2D eigenvalue weighted by molar-refractivity contribution is 0.0703. The first-order valence-corrected chi connectivity index (χ1v) is 10.3. The zero-order chi connectivity index (χ0) is 20.4. The largest absolute Gasteiger partial charge is 0.347 e. The number of nitrogens with one attached hydrogen (secondary N) is 1. The second kappa shape index (κ2) is 8.12. The monoisotopic (exact) mass is 410 g/mol. The Morgan fingerprint density at radius 2 is 2.10 bits per heavy atom. The van der Waals surface area contributed by atoms with Gasteiger partial charge in [0.25, 0.3) is 11.5 Å². The summed E-state index contributed by atoms with van der Waals surface area (Å²) in [4.78, 5) is 45.7. The molecule has 1 aliphatic heterocycles. The van der Waals surface area contributed by atoms with Gasteiger partial charge >= 0.3 is 0 Å². The molecule has 1 N–H and O–H groups in total. The lowest BCUT2D eigenvalue weighted by Crippen LogP contribution is -2.40. The molecule has 150 valence electrons. The maximum atomic E-state index is 12.9. The number of piperidine rings is 1. The Morgan fingerprint density at radius 1 is 1.31 bits per heavy atom. The second-order valence-corrected chi connectivity index (χ2v) is 8.20. The van der Waals surface area contributed by atoms with Gasteiger partial charge in [0.2, 0.25) is 5.95 Å². The van der Waals surface area contributed by atoms with Crippen molar-refractivity contribution in [3.63, 3.8) is 0 Å². The number of H-pyrrole nitrogens is 1. The van der Waals surface area contributed by atoms with Crippen molar-refractivity contribution >= 4 is 23.2 Å². The normalized spacial score (nSPS) is 16.6. The molecule has 0 aliphatic carbocycles. The number of anilines is 1. The fourth-order valence-electron chi connectivity index (χ4n) is 3.45. The van der Waals surface area contributed by atoms with E-state index >= 15 is 0 Å². The molecular weight excluding hydrogens is 388 g/mol. The number of aromatic nitrogens is 4. The van der Waals surface area contributed by atoms with Crippen LogP contribution in [0.25, 0.3) is 10.6 Å². The summed E-state index contributed by atoms with van der Waals surface area (Å²) in [6.07, 6.45) is 4.84. The zero-order valence-corrected chi connectivity index (χ0v) is 17.1. The number of likely N-dealkylation sites (tertiary alicyclic amines) is 1. The van der Waals surface area contributed by atoms with Crippen molar-refractivity contribution in [2.24, 2.45) is 0 Å². The molecule has 3 aromatic rings. The molecule has 8 nitrogen and oxygen atoms in total. The summed E-state index contributed by atoms with van der Waals surface area (Å²) in [5, 5.41) is 1.96. The van der Waals surface area contributed by atoms with Gasteiger partial charge in [-0.05, 0) is 24.3 Å². The van der Waals surface area contributed by atoms with Crippen LogP contribution < -0.4 is 10.5 Å². The van der Waals surface area contributed by atoms with Crippen LogP contribution in [0, 0.1) is 0 Å². The van der Waals surface area contributed by atoms with E-state index in [0.29, 0.717) is 36.1 Å². The Hall–Kier alpha value is -3.07. The highest BCUT2D eigenvalue weighted by molar-refractivity contribution is 7.13. The topological polar surface area (TPSA) is 95.1 Å². The molecule has 1 atom stereocenters. The van der Waals surface area contributed by atoms with Crippen LogP contribution in [-0.2, 0) is 0 Å². The number of carbonyl (C=O) groups excluding carboxylic acids is 1. The van der Waals surface area contributed by atoms with Crippen LogP contribution >= 0.6 is 11.3 Å². The van der Waals surface area contributed by atoms with Gasteiger partial charge in [-0.3, -0.25) is 9.59 Å². The summed E-state index contributed by atoms with van der Waals surface area (Å²) < 4.78 is 0. The van der Waals surface area contributed by atoms with Crippen LogP contribution in [0.5, 0.6) is 0 Å². The fourth-order valence-corrected chi connectivity index (χ4v) is 4.14. The number of hydrogen-bond donors (Lipinski definition) is 1. The first kappa shape index (κ1) is 19.3. The van der Waals surface area contributed by atoms with Crippen LogP contribution in [-0.4, -0.2) is 57.9 Å². The lowest BCUT2D eigenvalue weighted by atomic mass is 9.96. The number of nitrogens with zero attached hydrogens (tertiary/aromatic N) is 5. The minimum absolute atomic E-state index is 0.0118. The third-order valence-corrected chi connectivity index (χ3v) is 5.81. The van der Waals surface area contributed by atoms with E-state index in [1.807, 2.05) is 31.6 Å². The Balaban J connectivity index is 1.54. The number of rotatable bonds is 4. The summed E-state index contributed by atoms with van der Waals surface area (Å²) in [7, 11) is 3.70. The summed E-state index contributed by atoms with van der Waals surface area (Å²) in [6, 6.07) is 5.40. The number of amides is 1. The van der Waals surface area contributed by atoms with Crippen molar-refractivity contribution in [1.29, 1.82) is 0 Å². The van der Waals surface area contributed by atoms with E-state index in [0.717, 1.165) is 17.7 Å². The number of hydrogen-bond acceptors (Lipinski definition) is 7. The summed E-state index contributed by atoms with van der Waals surface area (Å²) >= 11 is 1.55. The third kappa shape index (κ3) is 4.19. The summed E-state index contributed by atoms with van der Waals surface area (Å²) in [6.45, 7) is 1.17. The zero-order valence-electron chi connectivity index (χ0n) is 16.3. The van der Waals surface area contributed by atoms with Crippen LogP contribution in [0.1, 0.15) is 34.9 Å². The molecule has 1 amide bonds. The van der Waals surface area contributed by atoms with Gasteiger partial charge in [0, 0.05) is 51.6 Å². The van der Waals surface area contributed by atoms with Crippen LogP contribution in [0.3, 0.4) is 0 Å². The van der Waals surface area contributed by atoms with Gasteiger partial charge in [-0.2, -0.15) is 0 Å². The van der Waals surface area contributed by atoms with Gasteiger partial charge in [-0.1, -0.05) is 6.07 Å². The van der Waals surface area contributed by atoms with E-state index < -0.39 is 0 Å². The smallest absolute Gasteiger partial charge is 0.257 e. The Morgan fingerprint density at radius 3 is 2.79 bits per heavy atom. The van der Waals surface area contributed by atoms with Crippen molar-refractivity contribution in [2.45, 2.75) is 18.8 Å². The molecule has 4 rings (SSSR count). The first-order chi connectivity index (χ1) is 14.0. The first-order valence-electron chi connectivity index (χ1n) is 9.45. The minimum Gasteiger partial charge on any atom is -0.347 e. The van der Waals surface area contributed by atoms with Crippen LogP contribution in [0.15, 0.2) is 40.8 Å². The quantitative estimate of drug-likeness (QED) is 0.710. The van der Waals surface area contributed by atoms with E-state index in [1.165, 1.54) is 6.07 Å². The molecule has 29 heavy (non-hydrogen) atoms. The molecule has 1 unspecified atom stereocenters. The second-order valence-electron chi connectivity index (χ2n) is 7.25. The molecule has 3 aromatic heterocycles. The molecule has 0 aromatic carbocycles. The van der Waals surface area contributed by atoms with Gasteiger partial charge in [0.15, 0.2) is 0 Å². The summed E-state index contributed by atoms with van der Waals surface area (Å²) in [5.41, 5.74) is 0.967. The molecule has 9 heteroatoms. The average Bonchev–Trinajstić information content (AvgIpc) is 3.28. The third-order valence-electron chi connectivity index (χ3n) is 4.91. The number of aromatic amines is 1. The van der Waals surface area contributed by atoms with Crippen molar-refractivity contribution in [2.75, 3.05) is 32.1 Å². The van der Waals surface area contributed by atoms with E-state index in [-0.39, 0.29) is 17.4 Å². The van der Waals surface area contributed by atoms with E-state index in [1.54, 1.807) is 33.5 Å². The van der Waals surface area contributed by atoms with Gasteiger partial charge in [-0.25, -0.2) is 15.0 Å². The van der Waals surface area contributed by atoms with Crippen molar-refractivity contribution in [1.82, 2.24) is 24.8 Å². The Labute approximate surface area is 172 Å². The molecule has 0 bridgehead atoms. The molecule has 1 fully saturated rings. The predicted molar refractivity (Wildman–Crippen MR) is 112 cm³/mol. The molecular formula is C20H22N6O2S.